The standard InChI is InChI=1S/C12H18ClNO2/c13-11(15)10-7-4-8-14(10)12(16)9-5-2-1-3-6-9/h9-10H,1-8H2. The van der Waals surface area contributed by atoms with Crippen LogP contribution in [0, 0.1) is 5.92 Å². The second-order valence-corrected chi connectivity index (χ2v) is 5.20. The summed E-state index contributed by atoms with van der Waals surface area (Å²) in [6.07, 6.45) is 7.13. The summed E-state index contributed by atoms with van der Waals surface area (Å²) in [5.41, 5.74) is 0. The molecule has 0 aromatic rings. The molecule has 1 amide bonds. The molecule has 1 heterocycles. The maximum absolute atomic E-state index is 12.2. The van der Waals surface area contributed by atoms with Gasteiger partial charge < -0.3 is 4.90 Å². The highest BCUT2D eigenvalue weighted by atomic mass is 35.5. The molecule has 1 saturated carbocycles. The molecule has 4 heteroatoms. The minimum absolute atomic E-state index is 0.144. The van der Waals surface area contributed by atoms with Crippen LogP contribution in [0.2, 0.25) is 0 Å². The smallest absolute Gasteiger partial charge is 0.244 e. The summed E-state index contributed by atoms with van der Waals surface area (Å²) in [4.78, 5) is 25.2. The van der Waals surface area contributed by atoms with E-state index < -0.39 is 0 Å². The summed E-state index contributed by atoms with van der Waals surface area (Å²) >= 11 is 5.53. The molecule has 1 unspecified atom stereocenters. The van der Waals surface area contributed by atoms with E-state index in [1.807, 2.05) is 0 Å². The molecule has 2 aliphatic rings. The van der Waals surface area contributed by atoms with E-state index in [9.17, 15) is 9.59 Å². The lowest BCUT2D eigenvalue weighted by atomic mass is 9.88. The summed E-state index contributed by atoms with van der Waals surface area (Å²) in [6, 6.07) is -0.351. The Balaban J connectivity index is 1.99. The molecule has 1 aliphatic carbocycles. The maximum atomic E-state index is 12.2. The highest BCUT2D eigenvalue weighted by Gasteiger charge is 2.36. The van der Waals surface area contributed by atoms with E-state index in [0.29, 0.717) is 6.54 Å². The Labute approximate surface area is 101 Å². The Hall–Kier alpha value is -0.570. The fourth-order valence-electron chi connectivity index (χ4n) is 2.85. The van der Waals surface area contributed by atoms with Crippen LogP contribution in [0.15, 0.2) is 0 Å². The number of amides is 1. The van der Waals surface area contributed by atoms with Crippen molar-refractivity contribution < 1.29 is 9.59 Å². The van der Waals surface area contributed by atoms with E-state index in [4.69, 9.17) is 11.6 Å². The zero-order chi connectivity index (χ0) is 11.5. The van der Waals surface area contributed by atoms with Gasteiger partial charge in [-0.15, -0.1) is 0 Å². The largest absolute Gasteiger partial charge is 0.331 e. The first-order valence-electron chi connectivity index (χ1n) is 6.20. The molecule has 1 atom stereocenters. The van der Waals surface area contributed by atoms with Crippen LogP contribution in [-0.4, -0.2) is 28.6 Å². The maximum Gasteiger partial charge on any atom is 0.244 e. The van der Waals surface area contributed by atoms with E-state index in [0.717, 1.165) is 38.5 Å². The van der Waals surface area contributed by atoms with Crippen LogP contribution in [0.5, 0.6) is 0 Å². The molecule has 1 saturated heterocycles. The molecular formula is C12H18ClNO2. The SMILES string of the molecule is O=C(Cl)C1CCCN1C(=O)C1CCCCC1. The van der Waals surface area contributed by atoms with Crippen LogP contribution in [-0.2, 0) is 9.59 Å². The van der Waals surface area contributed by atoms with Crippen molar-refractivity contribution in [2.75, 3.05) is 6.54 Å². The first kappa shape index (κ1) is 11.9. The Morgan fingerprint density at radius 3 is 2.31 bits per heavy atom. The van der Waals surface area contributed by atoms with E-state index in [1.165, 1.54) is 6.42 Å². The summed E-state index contributed by atoms with van der Waals surface area (Å²) in [5.74, 6) is 0.307. The molecule has 16 heavy (non-hydrogen) atoms. The van der Waals surface area contributed by atoms with Gasteiger partial charge in [-0.2, -0.15) is 0 Å². The predicted octanol–water partition coefficient (Wildman–Crippen LogP) is 2.32. The van der Waals surface area contributed by atoms with Gasteiger partial charge in [-0.3, -0.25) is 9.59 Å². The Bertz CT molecular complexity index is 287. The van der Waals surface area contributed by atoms with Gasteiger partial charge in [0, 0.05) is 12.5 Å². The molecule has 0 spiro atoms. The summed E-state index contributed by atoms with van der Waals surface area (Å²) < 4.78 is 0. The van der Waals surface area contributed by atoms with Crippen LogP contribution in [0.3, 0.4) is 0 Å². The minimum Gasteiger partial charge on any atom is -0.331 e. The van der Waals surface area contributed by atoms with Crippen molar-refractivity contribution in [1.29, 1.82) is 0 Å². The van der Waals surface area contributed by atoms with Gasteiger partial charge in [-0.05, 0) is 37.3 Å². The topological polar surface area (TPSA) is 37.4 Å². The molecular weight excluding hydrogens is 226 g/mol. The first-order chi connectivity index (χ1) is 7.70. The highest BCUT2D eigenvalue weighted by Crippen LogP contribution is 2.29. The van der Waals surface area contributed by atoms with Gasteiger partial charge in [0.1, 0.15) is 6.04 Å². The monoisotopic (exact) mass is 243 g/mol. The third-order valence-electron chi connectivity index (χ3n) is 3.75. The Morgan fingerprint density at radius 2 is 1.69 bits per heavy atom. The van der Waals surface area contributed by atoms with Crippen LogP contribution in [0.25, 0.3) is 0 Å². The van der Waals surface area contributed by atoms with Crippen LogP contribution < -0.4 is 0 Å². The minimum atomic E-state index is -0.373. The zero-order valence-corrected chi connectivity index (χ0v) is 10.2. The number of carbonyl (C=O) groups excluding carboxylic acids is 2. The highest BCUT2D eigenvalue weighted by molar-refractivity contribution is 6.64. The van der Waals surface area contributed by atoms with Crippen molar-refractivity contribution in [3.63, 3.8) is 0 Å². The third-order valence-corrected chi connectivity index (χ3v) is 4.00. The molecule has 0 N–H and O–H groups in total. The van der Waals surface area contributed by atoms with Gasteiger partial charge in [0.05, 0.1) is 0 Å². The lowest BCUT2D eigenvalue weighted by molar-refractivity contribution is -0.140. The molecule has 1 aliphatic heterocycles. The quantitative estimate of drug-likeness (QED) is 0.698. The normalized spacial score (nSPS) is 27.1. The number of rotatable bonds is 2. The van der Waals surface area contributed by atoms with Crippen molar-refractivity contribution in [2.24, 2.45) is 5.92 Å². The van der Waals surface area contributed by atoms with E-state index in [1.54, 1.807) is 4.90 Å². The van der Waals surface area contributed by atoms with Crippen LogP contribution in [0.4, 0.5) is 0 Å². The molecule has 3 nitrogen and oxygen atoms in total. The number of nitrogens with zero attached hydrogens (tertiary/aromatic N) is 1. The van der Waals surface area contributed by atoms with Gasteiger partial charge >= 0.3 is 0 Å². The molecule has 0 radical (unpaired) electrons. The summed E-state index contributed by atoms with van der Waals surface area (Å²) in [7, 11) is 0. The number of hydrogen-bond acceptors (Lipinski definition) is 2. The first-order valence-corrected chi connectivity index (χ1v) is 6.58. The van der Waals surface area contributed by atoms with Gasteiger partial charge in [0.2, 0.25) is 11.1 Å². The molecule has 2 fully saturated rings. The van der Waals surface area contributed by atoms with E-state index in [2.05, 4.69) is 0 Å². The van der Waals surface area contributed by atoms with E-state index >= 15 is 0 Å². The second-order valence-electron chi connectivity index (χ2n) is 4.83. The lowest BCUT2D eigenvalue weighted by Crippen LogP contribution is -2.42. The summed E-state index contributed by atoms with van der Waals surface area (Å²) in [5, 5.41) is -0.373. The van der Waals surface area contributed by atoms with Gasteiger partial charge in [-0.25, -0.2) is 0 Å². The van der Waals surface area contributed by atoms with Crippen LogP contribution >= 0.6 is 11.6 Å². The predicted molar refractivity (Wildman–Crippen MR) is 62.2 cm³/mol. The van der Waals surface area contributed by atoms with Gasteiger partial charge in [0.25, 0.3) is 0 Å². The molecule has 0 aromatic carbocycles. The second kappa shape index (κ2) is 5.17. The average Bonchev–Trinajstić information content (AvgIpc) is 2.78. The average molecular weight is 244 g/mol. The molecule has 0 aromatic heterocycles. The number of likely N-dealkylation sites (tertiary alicyclic amines) is 1. The number of hydrogen-bond donors (Lipinski definition) is 0. The molecule has 90 valence electrons. The van der Waals surface area contributed by atoms with E-state index in [-0.39, 0.29) is 23.1 Å². The fourth-order valence-corrected chi connectivity index (χ4v) is 3.08. The van der Waals surface area contributed by atoms with Gasteiger partial charge in [-0.1, -0.05) is 19.3 Å². The number of carbonyl (C=O) groups is 2. The van der Waals surface area contributed by atoms with Gasteiger partial charge in [0.15, 0.2) is 0 Å². The lowest BCUT2D eigenvalue weighted by Gasteiger charge is -2.28. The zero-order valence-electron chi connectivity index (χ0n) is 9.45. The Kier molecular flexibility index (Phi) is 3.85. The number of halogens is 1. The van der Waals surface area contributed by atoms with Crippen molar-refractivity contribution in [3.05, 3.63) is 0 Å². The van der Waals surface area contributed by atoms with Crippen molar-refractivity contribution >= 4 is 22.8 Å². The van der Waals surface area contributed by atoms with Crippen molar-refractivity contribution in [2.45, 2.75) is 51.0 Å². The fraction of sp³-hybridized carbons (Fsp3) is 0.833. The third kappa shape index (κ3) is 2.40. The van der Waals surface area contributed by atoms with Crippen molar-refractivity contribution in [1.82, 2.24) is 4.90 Å². The molecule has 2 rings (SSSR count). The van der Waals surface area contributed by atoms with Crippen molar-refractivity contribution in [3.8, 4) is 0 Å². The van der Waals surface area contributed by atoms with Crippen LogP contribution in [0.1, 0.15) is 44.9 Å². The Morgan fingerprint density at radius 1 is 1.00 bits per heavy atom. The molecule has 0 bridgehead atoms. The summed E-state index contributed by atoms with van der Waals surface area (Å²) in [6.45, 7) is 0.707.